The lowest BCUT2D eigenvalue weighted by Crippen LogP contribution is -2.12. The Bertz CT molecular complexity index is 1040. The van der Waals surface area contributed by atoms with E-state index in [2.05, 4.69) is 25.8 Å². The van der Waals surface area contributed by atoms with Gasteiger partial charge in [0.05, 0.1) is 5.69 Å². The van der Waals surface area contributed by atoms with Gasteiger partial charge in [-0.3, -0.25) is 4.79 Å². The van der Waals surface area contributed by atoms with Gasteiger partial charge in [-0.15, -0.1) is 16.4 Å². The number of tetrazole rings is 1. The molecule has 128 valence electrons. The van der Waals surface area contributed by atoms with Gasteiger partial charge in [-0.25, -0.2) is 9.67 Å². The van der Waals surface area contributed by atoms with Crippen LogP contribution in [0.3, 0.4) is 0 Å². The molecule has 0 bridgehead atoms. The lowest BCUT2D eigenvalue weighted by molar-refractivity contribution is 0.102. The number of hydrogen-bond acceptors (Lipinski definition) is 6. The van der Waals surface area contributed by atoms with Crippen LogP contribution in [0.5, 0.6) is 0 Å². The highest BCUT2D eigenvalue weighted by molar-refractivity contribution is 7.13. The largest absolute Gasteiger partial charge is 0.321 e. The highest BCUT2D eigenvalue weighted by Gasteiger charge is 2.13. The molecule has 26 heavy (non-hydrogen) atoms. The molecule has 0 atom stereocenters. The zero-order valence-electron chi connectivity index (χ0n) is 13.8. The van der Waals surface area contributed by atoms with Gasteiger partial charge in [0.15, 0.2) is 0 Å². The molecular weight excluding hydrogens is 348 g/mol. The third-order valence-corrected chi connectivity index (χ3v) is 4.70. The highest BCUT2D eigenvalue weighted by atomic mass is 32.1. The Morgan fingerprint density at radius 1 is 1.15 bits per heavy atom. The van der Waals surface area contributed by atoms with E-state index >= 15 is 0 Å². The minimum atomic E-state index is -0.238. The first-order valence-electron chi connectivity index (χ1n) is 7.87. The van der Waals surface area contributed by atoms with Crippen LogP contribution >= 0.6 is 11.3 Å². The minimum Gasteiger partial charge on any atom is -0.321 e. The van der Waals surface area contributed by atoms with Crippen LogP contribution in [-0.2, 0) is 0 Å². The maximum Gasteiger partial charge on any atom is 0.275 e. The number of thiazole rings is 1. The summed E-state index contributed by atoms with van der Waals surface area (Å²) in [6, 6.07) is 15.3. The fraction of sp³-hybridized carbons (Fsp3) is 0.0556. The number of carbonyl (C=O) groups excluding carboxylic acids is 1. The monoisotopic (exact) mass is 362 g/mol. The molecule has 0 spiro atoms. The zero-order chi connectivity index (χ0) is 17.9. The molecule has 4 aromatic rings. The fourth-order valence-corrected chi connectivity index (χ4v) is 3.35. The van der Waals surface area contributed by atoms with Gasteiger partial charge >= 0.3 is 0 Å². The van der Waals surface area contributed by atoms with Crippen LogP contribution in [0.25, 0.3) is 16.3 Å². The number of aromatic nitrogens is 5. The predicted octanol–water partition coefficient (Wildman–Crippen LogP) is 3.35. The van der Waals surface area contributed by atoms with Crippen molar-refractivity contribution < 1.29 is 4.79 Å². The first-order chi connectivity index (χ1) is 12.7. The van der Waals surface area contributed by atoms with Gasteiger partial charge < -0.3 is 5.32 Å². The van der Waals surface area contributed by atoms with Gasteiger partial charge in [0, 0.05) is 16.6 Å². The number of hydrogen-bond donors (Lipinski definition) is 1. The van der Waals surface area contributed by atoms with Crippen LogP contribution in [0, 0.1) is 6.92 Å². The standard InChI is InChI=1S/C18H14N6OS/c1-12-9-14(7-8-16(12)24-11-19-22-23-24)20-17(25)15-10-26-18(21-15)13-5-3-2-4-6-13/h2-11H,1H3,(H,20,25). The topological polar surface area (TPSA) is 85.6 Å². The average molecular weight is 362 g/mol. The molecule has 4 rings (SSSR count). The zero-order valence-corrected chi connectivity index (χ0v) is 14.6. The Hall–Kier alpha value is -3.39. The Labute approximate surface area is 153 Å². The number of carbonyl (C=O) groups is 1. The summed E-state index contributed by atoms with van der Waals surface area (Å²) in [5.74, 6) is -0.238. The summed E-state index contributed by atoms with van der Waals surface area (Å²) in [4.78, 5) is 16.9. The van der Waals surface area contributed by atoms with Crippen LogP contribution in [0.4, 0.5) is 5.69 Å². The molecule has 2 aromatic heterocycles. The second kappa shape index (κ2) is 6.85. The van der Waals surface area contributed by atoms with E-state index in [1.807, 2.05) is 55.5 Å². The van der Waals surface area contributed by atoms with E-state index in [4.69, 9.17) is 0 Å². The van der Waals surface area contributed by atoms with Crippen molar-refractivity contribution in [2.45, 2.75) is 6.92 Å². The summed E-state index contributed by atoms with van der Waals surface area (Å²) < 4.78 is 1.58. The normalized spacial score (nSPS) is 10.7. The summed E-state index contributed by atoms with van der Waals surface area (Å²) >= 11 is 1.45. The van der Waals surface area contributed by atoms with E-state index < -0.39 is 0 Å². The second-order valence-corrected chi connectivity index (χ2v) is 6.47. The van der Waals surface area contributed by atoms with E-state index in [0.29, 0.717) is 11.4 Å². The van der Waals surface area contributed by atoms with E-state index in [1.54, 1.807) is 10.1 Å². The number of nitrogens with one attached hydrogen (secondary N) is 1. The molecule has 0 aliphatic rings. The van der Waals surface area contributed by atoms with Crippen molar-refractivity contribution in [1.29, 1.82) is 0 Å². The Morgan fingerprint density at radius 3 is 2.73 bits per heavy atom. The third-order valence-electron chi connectivity index (χ3n) is 3.81. The molecular formula is C18H14N6OS. The number of rotatable bonds is 4. The van der Waals surface area contributed by atoms with E-state index in [-0.39, 0.29) is 5.91 Å². The number of aryl methyl sites for hydroxylation is 1. The molecule has 1 N–H and O–H groups in total. The van der Waals surface area contributed by atoms with Gasteiger partial charge in [0.25, 0.3) is 5.91 Å². The second-order valence-electron chi connectivity index (χ2n) is 5.61. The van der Waals surface area contributed by atoms with Gasteiger partial charge in [-0.2, -0.15) is 0 Å². The lowest BCUT2D eigenvalue weighted by Gasteiger charge is -2.08. The summed E-state index contributed by atoms with van der Waals surface area (Å²) in [6.45, 7) is 1.93. The first-order valence-corrected chi connectivity index (χ1v) is 8.75. The van der Waals surface area contributed by atoms with Crippen molar-refractivity contribution in [3.8, 4) is 16.3 Å². The Morgan fingerprint density at radius 2 is 2.00 bits per heavy atom. The van der Waals surface area contributed by atoms with Crippen LogP contribution in [0.2, 0.25) is 0 Å². The molecule has 7 nitrogen and oxygen atoms in total. The molecule has 0 saturated carbocycles. The molecule has 0 fully saturated rings. The van der Waals surface area contributed by atoms with E-state index in [0.717, 1.165) is 21.8 Å². The van der Waals surface area contributed by atoms with Gasteiger partial charge in [-0.1, -0.05) is 30.3 Å². The summed E-state index contributed by atoms with van der Waals surface area (Å²) in [5.41, 5.74) is 3.89. The quantitative estimate of drug-likeness (QED) is 0.602. The van der Waals surface area contributed by atoms with Crippen LogP contribution in [0.1, 0.15) is 16.1 Å². The molecule has 0 aliphatic heterocycles. The number of benzene rings is 2. The van der Waals surface area contributed by atoms with Crippen LogP contribution in [0.15, 0.2) is 60.2 Å². The number of nitrogens with zero attached hydrogens (tertiary/aromatic N) is 5. The average Bonchev–Trinajstić information content (AvgIpc) is 3.35. The SMILES string of the molecule is Cc1cc(NC(=O)c2csc(-c3ccccc3)n2)ccc1-n1cnnn1. The molecule has 8 heteroatoms. The Balaban J connectivity index is 1.52. The summed E-state index contributed by atoms with van der Waals surface area (Å²) in [5, 5.41) is 16.6. The molecule has 0 aliphatic carbocycles. The minimum absolute atomic E-state index is 0.238. The number of anilines is 1. The molecule has 0 unspecified atom stereocenters. The molecule has 1 amide bonds. The highest BCUT2D eigenvalue weighted by Crippen LogP contribution is 2.24. The summed E-state index contributed by atoms with van der Waals surface area (Å²) in [7, 11) is 0. The van der Waals surface area contributed by atoms with Crippen molar-refractivity contribution >= 4 is 22.9 Å². The molecule has 2 aromatic carbocycles. The smallest absolute Gasteiger partial charge is 0.275 e. The van der Waals surface area contributed by atoms with Crippen LogP contribution < -0.4 is 5.32 Å². The first kappa shape index (κ1) is 16.1. The fourth-order valence-electron chi connectivity index (χ4n) is 2.55. The van der Waals surface area contributed by atoms with Gasteiger partial charge in [0.1, 0.15) is 17.0 Å². The lowest BCUT2D eigenvalue weighted by atomic mass is 10.1. The van der Waals surface area contributed by atoms with Crippen molar-refractivity contribution in [3.05, 3.63) is 71.5 Å². The van der Waals surface area contributed by atoms with Crippen molar-refractivity contribution in [2.24, 2.45) is 0 Å². The molecule has 2 heterocycles. The van der Waals surface area contributed by atoms with Crippen molar-refractivity contribution in [2.75, 3.05) is 5.32 Å². The van der Waals surface area contributed by atoms with Gasteiger partial charge in [0.2, 0.25) is 0 Å². The van der Waals surface area contributed by atoms with E-state index in [9.17, 15) is 4.79 Å². The Kier molecular flexibility index (Phi) is 4.24. The maximum atomic E-state index is 12.5. The maximum absolute atomic E-state index is 12.5. The predicted molar refractivity (Wildman–Crippen MR) is 99.4 cm³/mol. The third kappa shape index (κ3) is 3.22. The van der Waals surface area contributed by atoms with Gasteiger partial charge in [-0.05, 0) is 41.1 Å². The van der Waals surface area contributed by atoms with Crippen molar-refractivity contribution in [1.82, 2.24) is 25.2 Å². The molecule has 0 radical (unpaired) electrons. The van der Waals surface area contributed by atoms with Crippen molar-refractivity contribution in [3.63, 3.8) is 0 Å². The summed E-state index contributed by atoms with van der Waals surface area (Å²) in [6.07, 6.45) is 1.53. The number of amides is 1. The molecule has 0 saturated heterocycles. The van der Waals surface area contributed by atoms with E-state index in [1.165, 1.54) is 17.7 Å². The van der Waals surface area contributed by atoms with Crippen LogP contribution in [-0.4, -0.2) is 31.1 Å².